The fourth-order valence-corrected chi connectivity index (χ4v) is 1.77. The SMILES string of the molecule is NC(Cc1ccc(F)cc1Cl)c1ccoc1. The van der Waals surface area contributed by atoms with E-state index in [4.69, 9.17) is 21.8 Å². The topological polar surface area (TPSA) is 39.2 Å². The van der Waals surface area contributed by atoms with E-state index < -0.39 is 0 Å². The van der Waals surface area contributed by atoms with Gasteiger partial charge in [-0.2, -0.15) is 0 Å². The van der Waals surface area contributed by atoms with Crippen LogP contribution in [0.1, 0.15) is 17.2 Å². The van der Waals surface area contributed by atoms with Gasteiger partial charge in [0.15, 0.2) is 0 Å². The molecule has 16 heavy (non-hydrogen) atoms. The van der Waals surface area contributed by atoms with Crippen molar-refractivity contribution in [2.75, 3.05) is 0 Å². The first kappa shape index (κ1) is 11.2. The zero-order valence-electron chi connectivity index (χ0n) is 8.49. The lowest BCUT2D eigenvalue weighted by Gasteiger charge is -2.10. The van der Waals surface area contributed by atoms with Crippen LogP contribution in [0.25, 0.3) is 0 Å². The Morgan fingerprint density at radius 2 is 2.19 bits per heavy atom. The normalized spacial score (nSPS) is 12.7. The van der Waals surface area contributed by atoms with Gasteiger partial charge in [-0.3, -0.25) is 0 Å². The molecule has 84 valence electrons. The Morgan fingerprint density at radius 1 is 1.38 bits per heavy atom. The lowest BCUT2D eigenvalue weighted by Crippen LogP contribution is -2.12. The minimum absolute atomic E-state index is 0.193. The molecule has 0 saturated carbocycles. The standard InChI is InChI=1S/C12H11ClFNO/c13-11-6-10(14)2-1-8(11)5-12(15)9-3-4-16-7-9/h1-4,6-7,12H,5,15H2. The molecule has 0 bridgehead atoms. The molecule has 1 atom stereocenters. The van der Waals surface area contributed by atoms with Crippen LogP contribution >= 0.6 is 11.6 Å². The molecule has 0 amide bonds. The third-order valence-corrected chi connectivity index (χ3v) is 2.78. The van der Waals surface area contributed by atoms with Gasteiger partial charge in [-0.15, -0.1) is 0 Å². The molecule has 1 unspecified atom stereocenters. The number of rotatable bonds is 3. The monoisotopic (exact) mass is 239 g/mol. The minimum Gasteiger partial charge on any atom is -0.472 e. The van der Waals surface area contributed by atoms with E-state index in [9.17, 15) is 4.39 Å². The zero-order valence-corrected chi connectivity index (χ0v) is 9.25. The van der Waals surface area contributed by atoms with Crippen molar-refractivity contribution in [3.8, 4) is 0 Å². The Balaban J connectivity index is 2.15. The van der Waals surface area contributed by atoms with Crippen LogP contribution in [0, 0.1) is 5.82 Å². The molecule has 0 spiro atoms. The van der Waals surface area contributed by atoms with Crippen LogP contribution in [0.4, 0.5) is 4.39 Å². The van der Waals surface area contributed by atoms with Gasteiger partial charge in [-0.05, 0) is 30.2 Å². The summed E-state index contributed by atoms with van der Waals surface area (Å²) in [5, 5.41) is 0.402. The molecule has 4 heteroatoms. The Bertz CT molecular complexity index is 470. The van der Waals surface area contributed by atoms with Crippen molar-refractivity contribution in [3.05, 3.63) is 58.8 Å². The first-order chi connectivity index (χ1) is 7.66. The average molecular weight is 240 g/mol. The van der Waals surface area contributed by atoms with Crippen LogP contribution in [0.15, 0.2) is 41.2 Å². The van der Waals surface area contributed by atoms with Crippen LogP contribution in [-0.2, 0) is 6.42 Å². The summed E-state index contributed by atoms with van der Waals surface area (Å²) in [4.78, 5) is 0. The van der Waals surface area contributed by atoms with Gasteiger partial charge in [0.1, 0.15) is 5.82 Å². The lowest BCUT2D eigenvalue weighted by molar-refractivity contribution is 0.558. The Morgan fingerprint density at radius 3 is 2.81 bits per heavy atom. The van der Waals surface area contributed by atoms with Crippen molar-refractivity contribution in [3.63, 3.8) is 0 Å². The largest absolute Gasteiger partial charge is 0.472 e. The van der Waals surface area contributed by atoms with Crippen LogP contribution in [0.2, 0.25) is 5.02 Å². The minimum atomic E-state index is -0.342. The van der Waals surface area contributed by atoms with E-state index in [0.717, 1.165) is 11.1 Å². The summed E-state index contributed by atoms with van der Waals surface area (Å²) in [5.74, 6) is -0.342. The molecule has 0 fully saturated rings. The van der Waals surface area contributed by atoms with E-state index in [1.165, 1.54) is 12.1 Å². The fourth-order valence-electron chi connectivity index (χ4n) is 1.53. The summed E-state index contributed by atoms with van der Waals surface area (Å²) < 4.78 is 17.8. The molecule has 2 aromatic rings. The quantitative estimate of drug-likeness (QED) is 0.893. The Kier molecular flexibility index (Phi) is 3.27. The fraction of sp³-hybridized carbons (Fsp3) is 0.167. The molecular weight excluding hydrogens is 229 g/mol. The molecule has 0 aliphatic heterocycles. The molecule has 1 heterocycles. The summed E-state index contributed by atoms with van der Waals surface area (Å²) in [7, 11) is 0. The van der Waals surface area contributed by atoms with Gasteiger partial charge in [-0.1, -0.05) is 17.7 Å². The summed E-state index contributed by atoms with van der Waals surface area (Å²) in [6.45, 7) is 0. The van der Waals surface area contributed by atoms with Crippen molar-refractivity contribution in [1.29, 1.82) is 0 Å². The van der Waals surface area contributed by atoms with Crippen molar-refractivity contribution >= 4 is 11.6 Å². The van der Waals surface area contributed by atoms with Crippen LogP contribution in [-0.4, -0.2) is 0 Å². The molecule has 2 N–H and O–H groups in total. The molecule has 1 aromatic heterocycles. The molecule has 0 aliphatic rings. The molecule has 2 nitrogen and oxygen atoms in total. The maximum atomic E-state index is 12.8. The Labute approximate surface area is 97.8 Å². The number of hydrogen-bond donors (Lipinski definition) is 1. The van der Waals surface area contributed by atoms with Crippen molar-refractivity contribution in [1.82, 2.24) is 0 Å². The second-order valence-corrected chi connectivity index (χ2v) is 4.01. The van der Waals surface area contributed by atoms with Crippen LogP contribution in [0.5, 0.6) is 0 Å². The van der Waals surface area contributed by atoms with E-state index in [1.54, 1.807) is 18.6 Å². The average Bonchev–Trinajstić information content (AvgIpc) is 2.75. The van der Waals surface area contributed by atoms with Gasteiger partial charge in [0.2, 0.25) is 0 Å². The van der Waals surface area contributed by atoms with E-state index >= 15 is 0 Å². The highest BCUT2D eigenvalue weighted by molar-refractivity contribution is 6.31. The highest BCUT2D eigenvalue weighted by Gasteiger charge is 2.11. The number of hydrogen-bond acceptors (Lipinski definition) is 2. The Hall–Kier alpha value is -1.32. The highest BCUT2D eigenvalue weighted by Crippen LogP contribution is 2.23. The van der Waals surface area contributed by atoms with Crippen LogP contribution in [0.3, 0.4) is 0 Å². The smallest absolute Gasteiger partial charge is 0.124 e. The van der Waals surface area contributed by atoms with Crippen molar-refractivity contribution in [2.24, 2.45) is 5.73 Å². The van der Waals surface area contributed by atoms with Gasteiger partial charge in [0.05, 0.1) is 12.5 Å². The number of furan rings is 1. The predicted molar refractivity (Wildman–Crippen MR) is 60.8 cm³/mol. The number of nitrogens with two attached hydrogens (primary N) is 1. The highest BCUT2D eigenvalue weighted by atomic mass is 35.5. The maximum absolute atomic E-state index is 12.8. The lowest BCUT2D eigenvalue weighted by atomic mass is 10.0. The summed E-state index contributed by atoms with van der Waals surface area (Å²) in [6, 6.07) is 5.93. The summed E-state index contributed by atoms with van der Waals surface area (Å²) in [6.07, 6.45) is 3.72. The predicted octanol–water partition coefficient (Wildman–Crippen LogP) is 3.31. The van der Waals surface area contributed by atoms with E-state index in [1.807, 2.05) is 6.07 Å². The van der Waals surface area contributed by atoms with Gasteiger partial charge in [0.25, 0.3) is 0 Å². The molecule has 0 radical (unpaired) electrons. The van der Waals surface area contributed by atoms with Gasteiger partial charge in [-0.25, -0.2) is 4.39 Å². The van der Waals surface area contributed by atoms with Gasteiger partial charge >= 0.3 is 0 Å². The van der Waals surface area contributed by atoms with Gasteiger partial charge < -0.3 is 10.2 Å². The first-order valence-corrected chi connectivity index (χ1v) is 5.26. The van der Waals surface area contributed by atoms with Gasteiger partial charge in [0, 0.05) is 16.6 Å². The van der Waals surface area contributed by atoms with E-state index in [0.29, 0.717) is 11.4 Å². The van der Waals surface area contributed by atoms with E-state index in [-0.39, 0.29) is 11.9 Å². The van der Waals surface area contributed by atoms with E-state index in [2.05, 4.69) is 0 Å². The summed E-state index contributed by atoms with van der Waals surface area (Å²) >= 11 is 5.92. The molecule has 1 aromatic carbocycles. The third kappa shape index (κ3) is 2.43. The second-order valence-electron chi connectivity index (χ2n) is 3.60. The summed E-state index contributed by atoms with van der Waals surface area (Å²) in [5.41, 5.74) is 7.70. The van der Waals surface area contributed by atoms with Crippen LogP contribution < -0.4 is 5.73 Å². The van der Waals surface area contributed by atoms with Crippen molar-refractivity contribution < 1.29 is 8.81 Å². The third-order valence-electron chi connectivity index (χ3n) is 2.43. The molecule has 0 aliphatic carbocycles. The maximum Gasteiger partial charge on any atom is 0.124 e. The molecule has 0 saturated heterocycles. The first-order valence-electron chi connectivity index (χ1n) is 4.88. The zero-order chi connectivity index (χ0) is 11.5. The second kappa shape index (κ2) is 4.68. The molecular formula is C12H11ClFNO. The van der Waals surface area contributed by atoms with Crippen molar-refractivity contribution in [2.45, 2.75) is 12.5 Å². The number of halogens is 2. The molecule has 2 rings (SSSR count). The number of benzene rings is 1.